The molecule has 6 atom stereocenters. The smallest absolute Gasteiger partial charge is 0.461 e. The van der Waals surface area contributed by atoms with Gasteiger partial charge in [0.25, 0.3) is 5.92 Å². The topological polar surface area (TPSA) is 134 Å². The van der Waals surface area contributed by atoms with E-state index in [2.05, 4.69) is 15.4 Å². The van der Waals surface area contributed by atoms with Crippen LogP contribution in [0.2, 0.25) is 0 Å². The van der Waals surface area contributed by atoms with Crippen molar-refractivity contribution in [2.24, 2.45) is 17.8 Å². The summed E-state index contributed by atoms with van der Waals surface area (Å²) < 4.78 is 89.1. The van der Waals surface area contributed by atoms with Crippen LogP contribution in [0.3, 0.4) is 0 Å². The lowest BCUT2D eigenvalue weighted by molar-refractivity contribution is -0.196. The van der Waals surface area contributed by atoms with Crippen LogP contribution in [-0.4, -0.2) is 83.9 Å². The summed E-state index contributed by atoms with van der Waals surface area (Å²) in [6, 6.07) is -6.15. The molecule has 3 heterocycles. The Morgan fingerprint density at radius 3 is 2.34 bits per heavy atom. The second-order valence-corrected chi connectivity index (χ2v) is 11.9. The van der Waals surface area contributed by atoms with Crippen LogP contribution in [0.25, 0.3) is 0 Å². The van der Waals surface area contributed by atoms with Crippen molar-refractivity contribution in [3.8, 4) is 0 Å². The van der Waals surface area contributed by atoms with Crippen molar-refractivity contribution in [3.63, 3.8) is 0 Å². The number of hydrogen-bond donors (Lipinski definition) is 3. The summed E-state index contributed by atoms with van der Waals surface area (Å²) in [5.41, 5.74) is 0. The van der Waals surface area contributed by atoms with E-state index in [4.69, 9.17) is 0 Å². The molecule has 3 saturated heterocycles. The minimum Gasteiger partial charge on any atom is -0.461 e. The fourth-order valence-corrected chi connectivity index (χ4v) is 6.59. The highest BCUT2D eigenvalue weighted by molar-refractivity contribution is 5.94. The van der Waals surface area contributed by atoms with Gasteiger partial charge in [-0.15, -0.1) is 0 Å². The van der Waals surface area contributed by atoms with Crippen LogP contribution in [0.4, 0.5) is 26.3 Å². The largest absolute Gasteiger partial charge is 0.471 e. The van der Waals surface area contributed by atoms with Gasteiger partial charge in [-0.3, -0.25) is 19.2 Å². The van der Waals surface area contributed by atoms with Gasteiger partial charge in [-0.1, -0.05) is 19.3 Å². The highest BCUT2D eigenvalue weighted by Gasteiger charge is 2.61. The van der Waals surface area contributed by atoms with Crippen LogP contribution in [0, 0.1) is 17.8 Å². The van der Waals surface area contributed by atoms with Crippen LogP contribution in [0.5, 0.6) is 0 Å². The van der Waals surface area contributed by atoms with Crippen molar-refractivity contribution in [2.45, 2.75) is 101 Å². The van der Waals surface area contributed by atoms with Gasteiger partial charge in [-0.25, -0.2) is 13.6 Å². The van der Waals surface area contributed by atoms with E-state index in [0.717, 1.165) is 11.3 Å². The summed E-state index contributed by atoms with van der Waals surface area (Å²) in [6.45, 7) is 1.58. The molecule has 2 bridgehead atoms. The van der Waals surface area contributed by atoms with Crippen LogP contribution in [0.1, 0.15) is 64.7 Å². The minimum absolute atomic E-state index is 0.0577. The molecular weight excluding hydrogens is 602 g/mol. The van der Waals surface area contributed by atoms with E-state index in [9.17, 15) is 41.5 Å². The maximum Gasteiger partial charge on any atom is 0.471 e. The third-order valence-corrected chi connectivity index (χ3v) is 8.96. The van der Waals surface area contributed by atoms with E-state index in [-0.39, 0.29) is 38.2 Å². The number of carbonyl (C=O) groups excluding carboxylic acids is 5. The number of carbonyl (C=O) groups is 5. The summed E-state index contributed by atoms with van der Waals surface area (Å²) in [4.78, 5) is 64.4. The molecule has 5 aliphatic rings. The molecule has 5 fully saturated rings. The van der Waals surface area contributed by atoms with Gasteiger partial charge >= 0.3 is 18.1 Å². The molecule has 2 saturated carbocycles. The maximum atomic E-state index is 15.2. The van der Waals surface area contributed by atoms with E-state index in [1.54, 1.807) is 5.32 Å². The zero-order valence-corrected chi connectivity index (χ0v) is 24.1. The van der Waals surface area contributed by atoms with Gasteiger partial charge in [-0.05, 0) is 51.0 Å². The molecule has 0 aromatic carbocycles. The first-order valence-corrected chi connectivity index (χ1v) is 14.8. The van der Waals surface area contributed by atoms with Gasteiger partial charge in [-0.2, -0.15) is 17.6 Å². The van der Waals surface area contributed by atoms with Gasteiger partial charge in [0.1, 0.15) is 12.1 Å². The lowest BCUT2D eigenvalue weighted by atomic mass is 9.71. The lowest BCUT2D eigenvalue weighted by Gasteiger charge is -2.54. The first-order chi connectivity index (χ1) is 20.6. The Kier molecular flexibility index (Phi) is 10.2. The molecule has 0 radical (unpaired) electrons. The number of ether oxygens (including phenoxy) is 1. The van der Waals surface area contributed by atoms with E-state index < -0.39 is 89.9 Å². The second-order valence-electron chi connectivity index (χ2n) is 11.9. The molecule has 3 N–H and O–H groups in total. The molecule has 10 nitrogen and oxygen atoms in total. The van der Waals surface area contributed by atoms with Crippen molar-refractivity contribution < 1.29 is 55.1 Å². The quantitative estimate of drug-likeness (QED) is 0.181. The average Bonchev–Trinajstić information content (AvgIpc) is 3.31. The maximum absolute atomic E-state index is 15.2. The van der Waals surface area contributed by atoms with E-state index in [0.29, 0.717) is 31.9 Å². The van der Waals surface area contributed by atoms with Crippen LogP contribution in [-0.2, 0) is 28.7 Å². The third-order valence-electron chi connectivity index (χ3n) is 8.96. The van der Waals surface area contributed by atoms with E-state index in [1.807, 2.05) is 0 Å². The molecule has 246 valence electrons. The normalized spacial score (nSPS) is 28.0. The number of nitrogens with one attached hydrogen (secondary N) is 3. The monoisotopic (exact) mass is 638 g/mol. The van der Waals surface area contributed by atoms with Crippen molar-refractivity contribution >= 4 is 29.6 Å². The highest BCUT2D eigenvalue weighted by Crippen LogP contribution is 2.49. The third kappa shape index (κ3) is 7.48. The molecule has 0 aromatic rings. The van der Waals surface area contributed by atoms with Crippen molar-refractivity contribution in [2.75, 3.05) is 13.2 Å². The first kappa shape index (κ1) is 33.6. The number of nitrogens with zero attached hydrogens (tertiary/aromatic N) is 1. The van der Waals surface area contributed by atoms with Gasteiger partial charge in [0.2, 0.25) is 23.5 Å². The number of alkyl halides is 5. The Balaban J connectivity index is 1.64. The molecule has 16 heteroatoms. The number of hydrogen-bond acceptors (Lipinski definition) is 6. The average molecular weight is 639 g/mol. The highest BCUT2D eigenvalue weighted by atomic mass is 19.4. The number of fused-ring (bicyclic) bond motifs is 3. The molecule has 0 unspecified atom stereocenters. The minimum atomic E-state index is -5.31. The number of piperidine rings is 2. The fourth-order valence-electron chi connectivity index (χ4n) is 6.59. The van der Waals surface area contributed by atoms with Gasteiger partial charge in [0.05, 0.1) is 18.6 Å². The summed E-state index contributed by atoms with van der Waals surface area (Å²) in [5, 5.41) is 6.69. The number of rotatable bonds is 11. The molecule has 3 aliphatic heterocycles. The summed E-state index contributed by atoms with van der Waals surface area (Å²) >= 11 is 0. The first-order valence-electron chi connectivity index (χ1n) is 14.8. The lowest BCUT2D eigenvalue weighted by Crippen LogP contribution is -2.71. The van der Waals surface area contributed by atoms with Crippen molar-refractivity contribution in [1.29, 1.82) is 0 Å². The Morgan fingerprint density at radius 1 is 1.09 bits per heavy atom. The van der Waals surface area contributed by atoms with Crippen LogP contribution >= 0.6 is 0 Å². The SMILES string of the molecule is CCOC(=O)/C(F)=C\[C@H](C[C@@H]1CCNC1=O)NC(=O)[C@H]1[C@H]2CC[C@H](CC2(F)F)N1C(=O)[C@H](CC1CCC1)NC(=O)C(F)(F)F. The van der Waals surface area contributed by atoms with Gasteiger partial charge in [0.15, 0.2) is 0 Å². The predicted octanol–water partition coefficient (Wildman–Crippen LogP) is 2.67. The molecular formula is C28H36F6N4O6. The van der Waals surface area contributed by atoms with Gasteiger partial charge in [0, 0.05) is 24.9 Å². The fraction of sp³-hybridized carbons (Fsp3) is 0.750. The molecule has 2 aliphatic carbocycles. The molecule has 0 spiro atoms. The van der Waals surface area contributed by atoms with Crippen molar-refractivity contribution in [1.82, 2.24) is 20.9 Å². The van der Waals surface area contributed by atoms with E-state index >= 15 is 8.78 Å². The Labute approximate surface area is 249 Å². The summed E-state index contributed by atoms with van der Waals surface area (Å²) in [5.74, 6) is -13.7. The zero-order valence-electron chi connectivity index (χ0n) is 24.1. The number of esters is 1. The summed E-state index contributed by atoms with van der Waals surface area (Å²) in [6.07, 6.45) is -3.60. The molecule has 4 amide bonds. The molecule has 0 aromatic heterocycles. The second kappa shape index (κ2) is 13.3. The Bertz CT molecular complexity index is 1180. The Hall–Kier alpha value is -3.33. The van der Waals surface area contributed by atoms with Crippen LogP contribution < -0.4 is 16.0 Å². The molecule has 44 heavy (non-hydrogen) atoms. The standard InChI is InChI=1S/C28H36F6N4O6/c1-2-44-25(42)19(29)12-16(11-15-8-9-35-22(15)39)36-23(40)21-18-7-6-17(13-27(18,30)31)38(21)24(41)20(10-14-4-3-5-14)37-26(43)28(32,33)34/h12,14-18,20-21H,2-11,13H2,1H3,(H,35,39)(H,36,40)(H,37,43)/b19-12+/t15-,16-,17+,18+,20-,21+/m0/s1. The zero-order chi connectivity index (χ0) is 32.4. The van der Waals surface area contributed by atoms with E-state index in [1.165, 1.54) is 6.92 Å². The number of amides is 4. The summed E-state index contributed by atoms with van der Waals surface area (Å²) in [7, 11) is 0. The Morgan fingerprint density at radius 2 is 1.80 bits per heavy atom. The predicted molar refractivity (Wildman–Crippen MR) is 140 cm³/mol. The molecule has 5 rings (SSSR count). The van der Waals surface area contributed by atoms with Crippen molar-refractivity contribution in [3.05, 3.63) is 11.9 Å². The van der Waals surface area contributed by atoms with Gasteiger partial charge < -0.3 is 25.6 Å². The van der Waals surface area contributed by atoms with Crippen LogP contribution in [0.15, 0.2) is 11.9 Å². The number of halogens is 6.